The van der Waals surface area contributed by atoms with E-state index in [0.29, 0.717) is 5.88 Å². The lowest BCUT2D eigenvalue weighted by Gasteiger charge is -2.24. The van der Waals surface area contributed by atoms with Crippen LogP contribution in [0.5, 0.6) is 0 Å². The Morgan fingerprint density at radius 2 is 2.00 bits per heavy atom. The fourth-order valence-corrected chi connectivity index (χ4v) is 2.52. The van der Waals surface area contributed by atoms with Crippen LogP contribution in [0.1, 0.15) is 32.9 Å². The first-order valence-electron chi connectivity index (χ1n) is 6.64. The number of aryl methyl sites for hydroxylation is 1. The second kappa shape index (κ2) is 5.31. The number of para-hydroxylation sites is 1. The van der Waals surface area contributed by atoms with Crippen LogP contribution in [-0.4, -0.2) is 15.7 Å². The van der Waals surface area contributed by atoms with Crippen molar-refractivity contribution in [1.82, 2.24) is 9.78 Å². The minimum atomic E-state index is 0.136. The smallest absolute Gasteiger partial charge is 0.0709 e. The number of alkyl halides is 1. The Labute approximate surface area is 114 Å². The molecule has 18 heavy (non-hydrogen) atoms. The molecular formula is C15H21ClN2. The van der Waals surface area contributed by atoms with Gasteiger partial charge < -0.3 is 0 Å². The fourth-order valence-electron chi connectivity index (χ4n) is 2.24. The molecule has 0 aliphatic carbocycles. The average molecular weight is 265 g/mol. The van der Waals surface area contributed by atoms with Crippen molar-refractivity contribution in [1.29, 1.82) is 0 Å². The predicted molar refractivity (Wildman–Crippen MR) is 78.2 cm³/mol. The number of hydrogen-bond donors (Lipinski definition) is 0. The van der Waals surface area contributed by atoms with E-state index in [1.807, 2.05) is 0 Å². The molecular weight excluding hydrogens is 244 g/mol. The molecule has 0 aliphatic rings. The highest BCUT2D eigenvalue weighted by Gasteiger charge is 2.24. The molecule has 0 bridgehead atoms. The summed E-state index contributed by atoms with van der Waals surface area (Å²) in [4.78, 5) is 0. The van der Waals surface area contributed by atoms with Crippen molar-refractivity contribution < 1.29 is 0 Å². The Bertz CT molecular complexity index is 526. The third-order valence-electron chi connectivity index (χ3n) is 3.80. The highest BCUT2D eigenvalue weighted by molar-refractivity contribution is 6.18. The van der Waals surface area contributed by atoms with Gasteiger partial charge in [0.05, 0.1) is 11.2 Å². The zero-order valence-electron chi connectivity index (χ0n) is 11.4. The fraction of sp³-hybridized carbons (Fsp3) is 0.533. The quantitative estimate of drug-likeness (QED) is 0.738. The van der Waals surface area contributed by atoms with E-state index in [-0.39, 0.29) is 5.41 Å². The van der Waals surface area contributed by atoms with Gasteiger partial charge in [-0.05, 0) is 31.2 Å². The van der Waals surface area contributed by atoms with Crippen molar-refractivity contribution in [2.24, 2.45) is 5.41 Å². The van der Waals surface area contributed by atoms with Crippen LogP contribution in [0, 0.1) is 5.41 Å². The topological polar surface area (TPSA) is 17.8 Å². The highest BCUT2D eigenvalue weighted by Crippen LogP contribution is 2.30. The van der Waals surface area contributed by atoms with Crippen molar-refractivity contribution in [3.63, 3.8) is 0 Å². The molecule has 0 fully saturated rings. The Morgan fingerprint density at radius 1 is 1.28 bits per heavy atom. The Kier molecular flexibility index (Phi) is 3.96. The molecule has 2 aromatic rings. The number of aromatic nitrogens is 2. The number of halogens is 1. The molecule has 0 saturated carbocycles. The summed E-state index contributed by atoms with van der Waals surface area (Å²) in [6.07, 6.45) is 2.02. The van der Waals surface area contributed by atoms with Gasteiger partial charge in [0.2, 0.25) is 0 Å². The summed E-state index contributed by atoms with van der Waals surface area (Å²) < 4.78 is 2.08. The number of fused-ring (bicyclic) bond motifs is 1. The Hall–Kier alpha value is -1.02. The van der Waals surface area contributed by atoms with Gasteiger partial charge in [0, 0.05) is 17.8 Å². The van der Waals surface area contributed by atoms with Crippen LogP contribution in [0.15, 0.2) is 24.3 Å². The van der Waals surface area contributed by atoms with Gasteiger partial charge in [-0.3, -0.25) is 4.68 Å². The molecule has 2 nitrogen and oxygen atoms in total. The molecule has 3 heteroatoms. The van der Waals surface area contributed by atoms with Crippen LogP contribution in [0.25, 0.3) is 10.9 Å². The van der Waals surface area contributed by atoms with Crippen LogP contribution in [0.3, 0.4) is 0 Å². The largest absolute Gasteiger partial charge is 0.265 e. The third kappa shape index (κ3) is 2.39. The summed E-state index contributed by atoms with van der Waals surface area (Å²) >= 11 is 6.12. The molecule has 1 aromatic carbocycles. The van der Waals surface area contributed by atoms with E-state index < -0.39 is 0 Å². The van der Waals surface area contributed by atoms with E-state index in [9.17, 15) is 0 Å². The van der Waals surface area contributed by atoms with Gasteiger partial charge in [-0.2, -0.15) is 5.10 Å². The maximum atomic E-state index is 6.12. The number of nitrogens with zero attached hydrogens (tertiary/aromatic N) is 2. The van der Waals surface area contributed by atoms with Crippen molar-refractivity contribution in [3.05, 3.63) is 30.0 Å². The summed E-state index contributed by atoms with van der Waals surface area (Å²) in [6, 6.07) is 8.45. The lowest BCUT2D eigenvalue weighted by molar-refractivity contribution is 0.351. The van der Waals surface area contributed by atoms with E-state index >= 15 is 0 Å². The lowest BCUT2D eigenvalue weighted by Crippen LogP contribution is -2.21. The zero-order chi connectivity index (χ0) is 13.2. The van der Waals surface area contributed by atoms with Crippen LogP contribution in [0.2, 0.25) is 0 Å². The van der Waals surface area contributed by atoms with Gasteiger partial charge >= 0.3 is 0 Å². The Morgan fingerprint density at radius 3 is 2.61 bits per heavy atom. The molecule has 0 aliphatic heterocycles. The van der Waals surface area contributed by atoms with Crippen LogP contribution in [-0.2, 0) is 13.0 Å². The average Bonchev–Trinajstić information content (AvgIpc) is 2.77. The Balaban J connectivity index is 2.45. The standard InChI is InChI=1S/C15H21ClN2/c1-4-15(3,11-16)10-13-12-8-6-7-9-14(12)18(5-2)17-13/h6-9H,4-5,10-11H2,1-3H3. The molecule has 0 radical (unpaired) electrons. The lowest BCUT2D eigenvalue weighted by atomic mass is 9.84. The van der Waals surface area contributed by atoms with Gasteiger partial charge in [-0.1, -0.05) is 32.0 Å². The number of rotatable bonds is 5. The van der Waals surface area contributed by atoms with E-state index in [0.717, 1.165) is 19.4 Å². The second-order valence-electron chi connectivity index (χ2n) is 5.25. The molecule has 0 saturated heterocycles. The van der Waals surface area contributed by atoms with Crippen molar-refractivity contribution in [3.8, 4) is 0 Å². The summed E-state index contributed by atoms with van der Waals surface area (Å²) in [7, 11) is 0. The minimum absolute atomic E-state index is 0.136. The maximum absolute atomic E-state index is 6.12. The van der Waals surface area contributed by atoms with E-state index in [2.05, 4.69) is 49.7 Å². The molecule has 2 rings (SSSR count). The first kappa shape index (κ1) is 13.4. The van der Waals surface area contributed by atoms with E-state index in [1.54, 1.807) is 0 Å². The first-order valence-corrected chi connectivity index (χ1v) is 7.17. The molecule has 1 aromatic heterocycles. The summed E-state index contributed by atoms with van der Waals surface area (Å²) in [5.41, 5.74) is 2.54. The van der Waals surface area contributed by atoms with Crippen molar-refractivity contribution in [2.45, 2.75) is 40.2 Å². The SMILES string of the molecule is CCn1nc(CC(C)(CC)CCl)c2ccccc21. The van der Waals surface area contributed by atoms with E-state index in [1.165, 1.54) is 16.6 Å². The van der Waals surface area contributed by atoms with Crippen LogP contribution < -0.4 is 0 Å². The van der Waals surface area contributed by atoms with Gasteiger partial charge in [-0.25, -0.2) is 0 Å². The van der Waals surface area contributed by atoms with Crippen molar-refractivity contribution in [2.75, 3.05) is 5.88 Å². The maximum Gasteiger partial charge on any atom is 0.0709 e. The van der Waals surface area contributed by atoms with Crippen LogP contribution >= 0.6 is 11.6 Å². The highest BCUT2D eigenvalue weighted by atomic mass is 35.5. The molecule has 0 spiro atoms. The number of hydrogen-bond acceptors (Lipinski definition) is 1. The van der Waals surface area contributed by atoms with E-state index in [4.69, 9.17) is 16.7 Å². The zero-order valence-corrected chi connectivity index (χ0v) is 12.2. The normalized spacial score (nSPS) is 14.9. The summed E-state index contributed by atoms with van der Waals surface area (Å²) in [6.45, 7) is 7.47. The first-order chi connectivity index (χ1) is 8.63. The minimum Gasteiger partial charge on any atom is -0.265 e. The molecule has 98 valence electrons. The van der Waals surface area contributed by atoms with Gasteiger partial charge in [0.15, 0.2) is 0 Å². The van der Waals surface area contributed by atoms with Gasteiger partial charge in [0.25, 0.3) is 0 Å². The molecule has 0 N–H and O–H groups in total. The summed E-state index contributed by atoms with van der Waals surface area (Å²) in [5, 5.41) is 6.01. The second-order valence-corrected chi connectivity index (χ2v) is 5.52. The molecule has 1 unspecified atom stereocenters. The molecule has 1 atom stereocenters. The van der Waals surface area contributed by atoms with Gasteiger partial charge in [-0.15, -0.1) is 11.6 Å². The molecule has 0 amide bonds. The number of benzene rings is 1. The monoisotopic (exact) mass is 264 g/mol. The van der Waals surface area contributed by atoms with Gasteiger partial charge in [0.1, 0.15) is 0 Å². The summed E-state index contributed by atoms with van der Waals surface area (Å²) in [5.74, 6) is 0.677. The van der Waals surface area contributed by atoms with Crippen molar-refractivity contribution >= 4 is 22.5 Å². The van der Waals surface area contributed by atoms with Crippen LogP contribution in [0.4, 0.5) is 0 Å². The third-order valence-corrected chi connectivity index (χ3v) is 4.45. The molecule has 1 heterocycles. The predicted octanol–water partition coefficient (Wildman–Crippen LogP) is 4.25.